The Hall–Kier alpha value is -0.830. The molecule has 0 fully saturated rings. The van der Waals surface area contributed by atoms with E-state index in [9.17, 15) is 0 Å². The number of rotatable bonds is 4. The molecule has 0 nitrogen and oxygen atoms in total. The zero-order chi connectivity index (χ0) is 9.52. The SMILES string of the molecule is C=C/C=C\C(=C)[I-]c1ccccc1. The Balaban J connectivity index is 2.55. The van der Waals surface area contributed by atoms with Crippen LogP contribution >= 0.6 is 0 Å². The molecule has 0 aliphatic rings. The summed E-state index contributed by atoms with van der Waals surface area (Å²) >= 11 is -0.0776. The second-order valence-electron chi connectivity index (χ2n) is 2.43. The molecule has 68 valence electrons. The van der Waals surface area contributed by atoms with Crippen molar-refractivity contribution < 1.29 is 21.2 Å². The van der Waals surface area contributed by atoms with Gasteiger partial charge >= 0.3 is 90.1 Å². The van der Waals surface area contributed by atoms with Gasteiger partial charge in [-0.3, -0.25) is 0 Å². The summed E-state index contributed by atoms with van der Waals surface area (Å²) in [6.45, 7) is 7.63. The molecule has 0 radical (unpaired) electrons. The minimum absolute atomic E-state index is 0.0776. The predicted molar refractivity (Wildman–Crippen MR) is 53.6 cm³/mol. The van der Waals surface area contributed by atoms with Gasteiger partial charge in [0.15, 0.2) is 0 Å². The van der Waals surface area contributed by atoms with Gasteiger partial charge in [0, 0.05) is 0 Å². The Morgan fingerprint density at radius 3 is 2.54 bits per heavy atom. The molecule has 0 amide bonds. The standard InChI is InChI=1S/C12H12I/c1-3-4-8-11(2)13-12-9-6-5-7-10-12/h3-10H,1-2H2/q-1/b8-4-. The van der Waals surface area contributed by atoms with E-state index in [0.29, 0.717) is 0 Å². The van der Waals surface area contributed by atoms with Crippen LogP contribution < -0.4 is 21.2 Å². The fourth-order valence-electron chi connectivity index (χ4n) is 0.822. The summed E-state index contributed by atoms with van der Waals surface area (Å²) in [6.07, 6.45) is 5.75. The molecular formula is C12H12I-. The summed E-state index contributed by atoms with van der Waals surface area (Å²) in [4.78, 5) is 0. The third-order valence-electron chi connectivity index (χ3n) is 1.38. The van der Waals surface area contributed by atoms with Crippen LogP contribution in [0.5, 0.6) is 0 Å². The van der Waals surface area contributed by atoms with E-state index in [2.05, 4.69) is 37.4 Å². The first-order valence-corrected chi connectivity index (χ1v) is 6.16. The molecule has 0 bridgehead atoms. The molecule has 0 aromatic heterocycles. The summed E-state index contributed by atoms with van der Waals surface area (Å²) in [6, 6.07) is 10.5. The number of hydrogen-bond donors (Lipinski definition) is 0. The average molecular weight is 283 g/mol. The topological polar surface area (TPSA) is 0 Å². The van der Waals surface area contributed by atoms with E-state index >= 15 is 0 Å². The van der Waals surface area contributed by atoms with Crippen LogP contribution in [-0.4, -0.2) is 0 Å². The molecular weight excluding hydrogens is 271 g/mol. The fourth-order valence-corrected chi connectivity index (χ4v) is 2.78. The van der Waals surface area contributed by atoms with E-state index in [1.807, 2.05) is 18.2 Å². The third kappa shape index (κ3) is 4.08. The van der Waals surface area contributed by atoms with Crippen molar-refractivity contribution in [3.05, 3.63) is 68.9 Å². The van der Waals surface area contributed by atoms with E-state index in [-0.39, 0.29) is 21.2 Å². The van der Waals surface area contributed by atoms with Gasteiger partial charge in [0.2, 0.25) is 0 Å². The third-order valence-corrected chi connectivity index (χ3v) is 3.77. The van der Waals surface area contributed by atoms with E-state index in [1.165, 1.54) is 7.15 Å². The summed E-state index contributed by atoms with van der Waals surface area (Å²) in [5.74, 6) is 0. The zero-order valence-electron chi connectivity index (χ0n) is 7.41. The van der Waals surface area contributed by atoms with Crippen LogP contribution in [0.25, 0.3) is 0 Å². The molecule has 0 aliphatic carbocycles. The summed E-state index contributed by atoms with van der Waals surface area (Å²) in [7, 11) is 0. The first-order chi connectivity index (χ1) is 6.33. The summed E-state index contributed by atoms with van der Waals surface area (Å²) in [5.41, 5.74) is 0. The molecule has 1 heteroatoms. The van der Waals surface area contributed by atoms with Crippen LogP contribution in [-0.2, 0) is 0 Å². The van der Waals surface area contributed by atoms with E-state index in [4.69, 9.17) is 0 Å². The van der Waals surface area contributed by atoms with Gasteiger partial charge in [-0.15, -0.1) is 0 Å². The maximum absolute atomic E-state index is 4.00. The maximum atomic E-state index is 4.00. The van der Waals surface area contributed by atoms with Crippen molar-refractivity contribution in [2.24, 2.45) is 0 Å². The van der Waals surface area contributed by atoms with Crippen molar-refractivity contribution >= 4 is 0 Å². The molecule has 0 unspecified atom stereocenters. The summed E-state index contributed by atoms with van der Waals surface area (Å²) in [5, 5.41) is 0. The van der Waals surface area contributed by atoms with Crippen molar-refractivity contribution in [1.29, 1.82) is 0 Å². The van der Waals surface area contributed by atoms with Gasteiger partial charge in [0.05, 0.1) is 0 Å². The van der Waals surface area contributed by atoms with Crippen molar-refractivity contribution in [1.82, 2.24) is 0 Å². The van der Waals surface area contributed by atoms with Crippen LogP contribution in [0.4, 0.5) is 0 Å². The van der Waals surface area contributed by atoms with Gasteiger partial charge in [-0.1, -0.05) is 0 Å². The second-order valence-corrected chi connectivity index (χ2v) is 5.60. The quantitative estimate of drug-likeness (QED) is 0.547. The number of benzene rings is 1. The van der Waals surface area contributed by atoms with Gasteiger partial charge in [-0.05, 0) is 0 Å². The zero-order valence-corrected chi connectivity index (χ0v) is 9.57. The van der Waals surface area contributed by atoms with Crippen LogP contribution in [0, 0.1) is 3.57 Å². The second kappa shape index (κ2) is 5.75. The van der Waals surface area contributed by atoms with E-state index < -0.39 is 0 Å². The Morgan fingerprint density at radius 2 is 1.92 bits per heavy atom. The summed E-state index contributed by atoms with van der Waals surface area (Å²) < 4.78 is 2.62. The molecule has 0 heterocycles. The molecule has 0 aliphatic heterocycles. The molecule has 13 heavy (non-hydrogen) atoms. The average Bonchev–Trinajstić information content (AvgIpc) is 2.16. The fraction of sp³-hybridized carbons (Fsp3) is 0. The Morgan fingerprint density at radius 1 is 1.23 bits per heavy atom. The van der Waals surface area contributed by atoms with Gasteiger partial charge in [0.1, 0.15) is 0 Å². The van der Waals surface area contributed by atoms with Crippen LogP contribution in [0.2, 0.25) is 0 Å². The van der Waals surface area contributed by atoms with Gasteiger partial charge in [0.25, 0.3) is 0 Å². The monoisotopic (exact) mass is 283 g/mol. The Kier molecular flexibility index (Phi) is 4.54. The Labute approximate surface area is 89.9 Å². The molecule has 1 aromatic carbocycles. The van der Waals surface area contributed by atoms with Crippen molar-refractivity contribution in [2.45, 2.75) is 0 Å². The van der Waals surface area contributed by atoms with E-state index in [0.717, 1.165) is 0 Å². The normalized spacial score (nSPS) is 10.5. The minimum atomic E-state index is -0.0776. The number of allylic oxidation sites excluding steroid dienone is 4. The molecule has 0 saturated carbocycles. The van der Waals surface area contributed by atoms with Crippen LogP contribution in [0.3, 0.4) is 0 Å². The molecule has 0 spiro atoms. The van der Waals surface area contributed by atoms with Gasteiger partial charge < -0.3 is 0 Å². The van der Waals surface area contributed by atoms with Crippen molar-refractivity contribution in [3.8, 4) is 0 Å². The Bertz CT molecular complexity index is 309. The van der Waals surface area contributed by atoms with Crippen molar-refractivity contribution in [3.63, 3.8) is 0 Å². The number of halogens is 1. The van der Waals surface area contributed by atoms with Gasteiger partial charge in [-0.25, -0.2) is 0 Å². The number of hydrogen-bond acceptors (Lipinski definition) is 0. The van der Waals surface area contributed by atoms with Gasteiger partial charge in [-0.2, -0.15) is 0 Å². The molecule has 0 atom stereocenters. The first kappa shape index (κ1) is 10.3. The first-order valence-electron chi connectivity index (χ1n) is 4.01. The van der Waals surface area contributed by atoms with Crippen molar-refractivity contribution in [2.75, 3.05) is 0 Å². The van der Waals surface area contributed by atoms with Crippen LogP contribution in [0.1, 0.15) is 0 Å². The van der Waals surface area contributed by atoms with E-state index in [1.54, 1.807) is 6.08 Å². The molecule has 1 rings (SSSR count). The molecule has 0 N–H and O–H groups in total. The molecule has 0 saturated heterocycles. The predicted octanol–water partition coefficient (Wildman–Crippen LogP) is 0.201. The van der Waals surface area contributed by atoms with Crippen LogP contribution in [0.15, 0.2) is 65.3 Å². The molecule has 1 aromatic rings.